The van der Waals surface area contributed by atoms with Gasteiger partial charge in [0.1, 0.15) is 0 Å². The van der Waals surface area contributed by atoms with Crippen molar-refractivity contribution in [3.8, 4) is 0 Å². The summed E-state index contributed by atoms with van der Waals surface area (Å²) in [6.07, 6.45) is 0.834. The van der Waals surface area contributed by atoms with Crippen LogP contribution in [0, 0.1) is 0 Å². The highest BCUT2D eigenvalue weighted by Gasteiger charge is 2.19. The predicted molar refractivity (Wildman–Crippen MR) is 80.1 cm³/mol. The molecule has 2 unspecified atom stereocenters. The third-order valence-electron chi connectivity index (χ3n) is 3.52. The first-order valence-corrected chi connectivity index (χ1v) is 7.07. The maximum Gasteiger partial charge on any atom is 0.240 e. The zero-order chi connectivity index (χ0) is 15.1. The summed E-state index contributed by atoms with van der Waals surface area (Å²) in [5, 5.41) is 2.93. The highest BCUT2D eigenvalue weighted by molar-refractivity contribution is 5.84. The Balaban J connectivity index is 2.60. The first-order valence-electron chi connectivity index (χ1n) is 7.07. The molecule has 4 heteroatoms. The highest BCUT2D eigenvalue weighted by atomic mass is 16.2. The molecule has 0 heterocycles. The molecule has 2 atom stereocenters. The maximum absolute atomic E-state index is 12.1. The van der Waals surface area contributed by atoms with Crippen LogP contribution in [0.5, 0.6) is 0 Å². The van der Waals surface area contributed by atoms with Gasteiger partial charge in [0.05, 0.1) is 12.6 Å². The molecule has 1 aromatic rings. The molecule has 0 aliphatic heterocycles. The minimum Gasteiger partial charge on any atom is -0.348 e. The molecule has 0 aliphatic carbocycles. The first kappa shape index (κ1) is 16.2. The van der Waals surface area contributed by atoms with Crippen LogP contribution in [-0.2, 0) is 9.59 Å². The van der Waals surface area contributed by atoms with E-state index in [1.54, 1.807) is 4.90 Å². The van der Waals surface area contributed by atoms with E-state index >= 15 is 0 Å². The van der Waals surface area contributed by atoms with Gasteiger partial charge in [0.25, 0.3) is 0 Å². The molecule has 0 bridgehead atoms. The molecule has 0 spiro atoms. The Bertz CT molecular complexity index is 445. The Kier molecular flexibility index (Phi) is 6.22. The van der Waals surface area contributed by atoms with Gasteiger partial charge < -0.3 is 10.2 Å². The molecule has 0 saturated carbocycles. The van der Waals surface area contributed by atoms with Crippen molar-refractivity contribution in [1.82, 2.24) is 10.2 Å². The van der Waals surface area contributed by atoms with E-state index in [1.807, 2.05) is 51.1 Å². The Morgan fingerprint density at radius 2 is 1.80 bits per heavy atom. The van der Waals surface area contributed by atoms with Crippen LogP contribution in [0.4, 0.5) is 0 Å². The van der Waals surface area contributed by atoms with Gasteiger partial charge in [-0.15, -0.1) is 0 Å². The second kappa shape index (κ2) is 7.68. The van der Waals surface area contributed by atoms with Crippen molar-refractivity contribution < 1.29 is 9.59 Å². The van der Waals surface area contributed by atoms with Gasteiger partial charge in [0, 0.05) is 13.0 Å². The molecule has 0 fully saturated rings. The van der Waals surface area contributed by atoms with Gasteiger partial charge in [-0.05, 0) is 25.8 Å². The normalized spacial score (nSPS) is 13.4. The molecule has 110 valence electrons. The first-order chi connectivity index (χ1) is 9.45. The summed E-state index contributed by atoms with van der Waals surface area (Å²) >= 11 is 0. The summed E-state index contributed by atoms with van der Waals surface area (Å²) in [5.41, 5.74) is 1.05. The summed E-state index contributed by atoms with van der Waals surface area (Å²) in [4.78, 5) is 25.2. The average Bonchev–Trinajstić information content (AvgIpc) is 2.44. The topological polar surface area (TPSA) is 49.4 Å². The second-order valence-electron chi connectivity index (χ2n) is 5.10. The molecular weight excluding hydrogens is 252 g/mol. The van der Waals surface area contributed by atoms with Crippen LogP contribution in [0.1, 0.15) is 45.7 Å². The van der Waals surface area contributed by atoms with Crippen molar-refractivity contribution in [2.75, 3.05) is 6.54 Å². The van der Waals surface area contributed by atoms with E-state index in [0.717, 1.165) is 12.0 Å². The van der Waals surface area contributed by atoms with E-state index in [1.165, 1.54) is 6.92 Å². The van der Waals surface area contributed by atoms with E-state index in [9.17, 15) is 9.59 Å². The quantitative estimate of drug-likeness (QED) is 0.868. The summed E-state index contributed by atoms with van der Waals surface area (Å²) in [5.74, 6) is -0.196. The molecule has 0 aromatic heterocycles. The number of carbonyl (C=O) groups excluding carboxylic acids is 2. The fraction of sp³-hybridized carbons (Fsp3) is 0.500. The van der Waals surface area contributed by atoms with Crippen molar-refractivity contribution in [3.05, 3.63) is 35.9 Å². The third kappa shape index (κ3) is 4.68. The molecule has 0 aliphatic rings. The smallest absolute Gasteiger partial charge is 0.240 e. The van der Waals surface area contributed by atoms with Crippen molar-refractivity contribution >= 4 is 11.8 Å². The average molecular weight is 276 g/mol. The predicted octanol–water partition coefficient (Wildman–Crippen LogP) is 2.51. The van der Waals surface area contributed by atoms with Gasteiger partial charge in [-0.1, -0.05) is 37.3 Å². The van der Waals surface area contributed by atoms with E-state index < -0.39 is 0 Å². The molecule has 1 rings (SSSR count). The van der Waals surface area contributed by atoms with Crippen LogP contribution in [0.3, 0.4) is 0 Å². The molecule has 20 heavy (non-hydrogen) atoms. The Morgan fingerprint density at radius 3 is 2.30 bits per heavy atom. The number of benzene rings is 1. The Morgan fingerprint density at radius 1 is 1.20 bits per heavy atom. The highest BCUT2D eigenvalue weighted by Crippen LogP contribution is 2.11. The molecule has 4 nitrogen and oxygen atoms in total. The lowest BCUT2D eigenvalue weighted by atomic mass is 10.1. The standard InChI is InChI=1S/C16H24N2O2/c1-5-12(2)18(14(4)19)11-16(20)17-13(3)15-9-7-6-8-10-15/h6-10,12-13H,5,11H2,1-4H3,(H,17,20). The van der Waals surface area contributed by atoms with E-state index in [-0.39, 0.29) is 30.4 Å². The van der Waals surface area contributed by atoms with Crippen molar-refractivity contribution in [3.63, 3.8) is 0 Å². The monoisotopic (exact) mass is 276 g/mol. The van der Waals surface area contributed by atoms with Crippen molar-refractivity contribution in [2.45, 2.75) is 46.2 Å². The molecule has 0 radical (unpaired) electrons. The second-order valence-corrected chi connectivity index (χ2v) is 5.10. The van der Waals surface area contributed by atoms with Crippen LogP contribution in [-0.4, -0.2) is 29.3 Å². The van der Waals surface area contributed by atoms with Crippen LogP contribution < -0.4 is 5.32 Å². The SMILES string of the molecule is CCC(C)N(CC(=O)NC(C)c1ccccc1)C(C)=O. The lowest BCUT2D eigenvalue weighted by Crippen LogP contribution is -2.44. The van der Waals surface area contributed by atoms with Crippen LogP contribution in [0.15, 0.2) is 30.3 Å². The molecule has 1 aromatic carbocycles. The van der Waals surface area contributed by atoms with E-state index in [0.29, 0.717) is 0 Å². The lowest BCUT2D eigenvalue weighted by molar-refractivity contribution is -0.136. The zero-order valence-electron chi connectivity index (χ0n) is 12.7. The number of nitrogens with zero attached hydrogens (tertiary/aromatic N) is 1. The van der Waals surface area contributed by atoms with E-state index in [2.05, 4.69) is 5.32 Å². The summed E-state index contributed by atoms with van der Waals surface area (Å²) < 4.78 is 0. The van der Waals surface area contributed by atoms with Crippen LogP contribution in [0.2, 0.25) is 0 Å². The fourth-order valence-corrected chi connectivity index (χ4v) is 2.06. The van der Waals surface area contributed by atoms with Gasteiger partial charge >= 0.3 is 0 Å². The van der Waals surface area contributed by atoms with Gasteiger partial charge in [0.2, 0.25) is 11.8 Å². The lowest BCUT2D eigenvalue weighted by Gasteiger charge is -2.27. The minimum absolute atomic E-state index is 0.0607. The summed E-state index contributed by atoms with van der Waals surface area (Å²) in [6.45, 7) is 7.51. The number of hydrogen-bond donors (Lipinski definition) is 1. The summed E-state index contributed by atoms with van der Waals surface area (Å²) in [6, 6.07) is 9.79. The third-order valence-corrected chi connectivity index (χ3v) is 3.52. The maximum atomic E-state index is 12.1. The van der Waals surface area contributed by atoms with Gasteiger partial charge in [-0.25, -0.2) is 0 Å². The Hall–Kier alpha value is -1.84. The van der Waals surface area contributed by atoms with Crippen LogP contribution >= 0.6 is 0 Å². The molecule has 2 amide bonds. The zero-order valence-corrected chi connectivity index (χ0v) is 12.7. The minimum atomic E-state index is -0.128. The number of carbonyl (C=O) groups is 2. The summed E-state index contributed by atoms with van der Waals surface area (Å²) in [7, 11) is 0. The number of amides is 2. The van der Waals surface area contributed by atoms with Gasteiger partial charge in [-0.3, -0.25) is 9.59 Å². The van der Waals surface area contributed by atoms with Crippen LogP contribution in [0.25, 0.3) is 0 Å². The molecular formula is C16H24N2O2. The van der Waals surface area contributed by atoms with Gasteiger partial charge in [-0.2, -0.15) is 0 Å². The fourth-order valence-electron chi connectivity index (χ4n) is 2.06. The number of nitrogens with one attached hydrogen (secondary N) is 1. The Labute approximate surface area is 121 Å². The number of hydrogen-bond acceptors (Lipinski definition) is 2. The molecule has 0 saturated heterocycles. The molecule has 1 N–H and O–H groups in total. The van der Waals surface area contributed by atoms with Crippen molar-refractivity contribution in [2.24, 2.45) is 0 Å². The van der Waals surface area contributed by atoms with Crippen molar-refractivity contribution in [1.29, 1.82) is 0 Å². The van der Waals surface area contributed by atoms with E-state index in [4.69, 9.17) is 0 Å². The van der Waals surface area contributed by atoms with Gasteiger partial charge in [0.15, 0.2) is 0 Å². The number of rotatable bonds is 6. The largest absolute Gasteiger partial charge is 0.348 e.